The lowest BCUT2D eigenvalue weighted by Crippen LogP contribution is -2.27. The predicted octanol–water partition coefficient (Wildman–Crippen LogP) is 3.73. The van der Waals surface area contributed by atoms with Gasteiger partial charge in [-0.1, -0.05) is 40.4 Å². The average molecular weight is 320 g/mol. The van der Waals surface area contributed by atoms with Crippen molar-refractivity contribution in [1.82, 2.24) is 0 Å². The fourth-order valence-electron chi connectivity index (χ4n) is 1.58. The summed E-state index contributed by atoms with van der Waals surface area (Å²) in [5, 5.41) is 9.50. The first-order valence-corrected chi connectivity index (χ1v) is 6.58. The van der Waals surface area contributed by atoms with Gasteiger partial charge < -0.3 is 9.84 Å². The Morgan fingerprint density at radius 2 is 2.29 bits per heavy atom. The highest BCUT2D eigenvalue weighted by molar-refractivity contribution is 9.10. The van der Waals surface area contributed by atoms with Crippen LogP contribution in [-0.4, -0.2) is 17.2 Å². The number of carbonyl (C=O) groups is 1. The second-order valence-electron chi connectivity index (χ2n) is 4.20. The molecule has 1 N–H and O–H groups in total. The van der Waals surface area contributed by atoms with Crippen molar-refractivity contribution >= 4 is 33.5 Å². The third-order valence-electron chi connectivity index (χ3n) is 2.68. The van der Waals surface area contributed by atoms with Gasteiger partial charge in [-0.05, 0) is 30.5 Å². The SMILES string of the molecule is O=C(O)C(CC1CC1)Oc1ccc(Br)cc1Cl. The van der Waals surface area contributed by atoms with Crippen LogP contribution >= 0.6 is 27.5 Å². The van der Waals surface area contributed by atoms with Gasteiger partial charge in [0.2, 0.25) is 0 Å². The minimum absolute atomic E-state index is 0.418. The molecule has 0 spiro atoms. The topological polar surface area (TPSA) is 46.5 Å². The quantitative estimate of drug-likeness (QED) is 0.899. The van der Waals surface area contributed by atoms with Crippen LogP contribution in [-0.2, 0) is 4.79 Å². The maximum Gasteiger partial charge on any atom is 0.344 e. The third-order valence-corrected chi connectivity index (χ3v) is 3.47. The molecule has 0 radical (unpaired) electrons. The number of carboxylic acid groups (broad SMARTS) is 1. The summed E-state index contributed by atoms with van der Waals surface area (Å²) in [6.45, 7) is 0. The van der Waals surface area contributed by atoms with Crippen molar-refractivity contribution in [3.63, 3.8) is 0 Å². The lowest BCUT2D eigenvalue weighted by molar-refractivity contribution is -0.145. The van der Waals surface area contributed by atoms with E-state index in [1.165, 1.54) is 0 Å². The molecule has 1 unspecified atom stereocenters. The molecule has 92 valence electrons. The minimum Gasteiger partial charge on any atom is -0.479 e. The van der Waals surface area contributed by atoms with Crippen molar-refractivity contribution in [2.75, 3.05) is 0 Å². The van der Waals surface area contributed by atoms with Crippen LogP contribution in [0.25, 0.3) is 0 Å². The molecule has 1 aliphatic rings. The molecule has 0 heterocycles. The summed E-state index contributed by atoms with van der Waals surface area (Å²) in [4.78, 5) is 11.1. The lowest BCUT2D eigenvalue weighted by Gasteiger charge is -2.15. The van der Waals surface area contributed by atoms with E-state index in [9.17, 15) is 4.79 Å². The first-order chi connectivity index (χ1) is 8.06. The standard InChI is InChI=1S/C12H12BrClO3/c13-8-3-4-10(9(14)6-8)17-11(12(15)16)5-7-1-2-7/h3-4,6-7,11H,1-2,5H2,(H,15,16). The highest BCUT2D eigenvalue weighted by atomic mass is 79.9. The number of rotatable bonds is 5. The summed E-state index contributed by atoms with van der Waals surface area (Å²) in [7, 11) is 0. The van der Waals surface area contributed by atoms with Gasteiger partial charge in [0.05, 0.1) is 5.02 Å². The molecular formula is C12H12BrClO3. The van der Waals surface area contributed by atoms with Crippen molar-refractivity contribution in [3.05, 3.63) is 27.7 Å². The van der Waals surface area contributed by atoms with E-state index in [-0.39, 0.29) is 0 Å². The number of carboxylic acids is 1. The average Bonchev–Trinajstić information content (AvgIpc) is 3.04. The molecule has 17 heavy (non-hydrogen) atoms. The van der Waals surface area contributed by atoms with Crippen LogP contribution in [0.1, 0.15) is 19.3 Å². The third kappa shape index (κ3) is 3.61. The van der Waals surface area contributed by atoms with Crippen LogP contribution in [0, 0.1) is 5.92 Å². The lowest BCUT2D eigenvalue weighted by atomic mass is 10.2. The van der Waals surface area contributed by atoms with Gasteiger partial charge in [0.1, 0.15) is 5.75 Å². The normalized spacial score (nSPS) is 16.6. The van der Waals surface area contributed by atoms with Crippen molar-refractivity contribution in [3.8, 4) is 5.75 Å². The molecule has 0 amide bonds. The van der Waals surface area contributed by atoms with Crippen LogP contribution in [0.5, 0.6) is 5.75 Å². The van der Waals surface area contributed by atoms with Gasteiger partial charge in [-0.3, -0.25) is 0 Å². The largest absolute Gasteiger partial charge is 0.479 e. The zero-order valence-electron chi connectivity index (χ0n) is 9.03. The molecule has 2 rings (SSSR count). The Morgan fingerprint density at radius 3 is 2.82 bits per heavy atom. The van der Waals surface area contributed by atoms with Crippen molar-refractivity contribution in [1.29, 1.82) is 0 Å². The maximum atomic E-state index is 11.1. The Balaban J connectivity index is 2.07. The van der Waals surface area contributed by atoms with Gasteiger partial charge in [-0.15, -0.1) is 0 Å². The van der Waals surface area contributed by atoms with Crippen LogP contribution in [0.4, 0.5) is 0 Å². The van der Waals surface area contributed by atoms with Gasteiger partial charge in [-0.25, -0.2) is 4.79 Å². The van der Waals surface area contributed by atoms with E-state index >= 15 is 0 Å². The van der Waals surface area contributed by atoms with Crippen molar-refractivity contribution in [2.24, 2.45) is 5.92 Å². The molecule has 1 saturated carbocycles. The van der Waals surface area contributed by atoms with Gasteiger partial charge in [-0.2, -0.15) is 0 Å². The molecule has 1 aromatic carbocycles. The van der Waals surface area contributed by atoms with E-state index in [4.69, 9.17) is 21.4 Å². The molecular weight excluding hydrogens is 307 g/mol. The highest BCUT2D eigenvalue weighted by Crippen LogP contribution is 2.36. The maximum absolute atomic E-state index is 11.1. The summed E-state index contributed by atoms with van der Waals surface area (Å²) in [6.07, 6.45) is 1.95. The summed E-state index contributed by atoms with van der Waals surface area (Å²) in [5.41, 5.74) is 0. The van der Waals surface area contributed by atoms with Gasteiger partial charge >= 0.3 is 5.97 Å². The molecule has 1 fully saturated rings. The fraction of sp³-hybridized carbons (Fsp3) is 0.417. The van der Waals surface area contributed by atoms with Crippen molar-refractivity contribution in [2.45, 2.75) is 25.4 Å². The number of halogens is 2. The van der Waals surface area contributed by atoms with E-state index in [1.54, 1.807) is 18.2 Å². The second kappa shape index (κ2) is 5.27. The van der Waals surface area contributed by atoms with Crippen LogP contribution in [0.2, 0.25) is 5.02 Å². The van der Waals surface area contributed by atoms with Crippen molar-refractivity contribution < 1.29 is 14.6 Å². The molecule has 0 aromatic heterocycles. The molecule has 1 aromatic rings. The second-order valence-corrected chi connectivity index (χ2v) is 5.52. The minimum atomic E-state index is -0.934. The number of aliphatic carboxylic acids is 1. The number of benzene rings is 1. The van der Waals surface area contributed by atoms with E-state index in [0.717, 1.165) is 17.3 Å². The smallest absolute Gasteiger partial charge is 0.344 e. The molecule has 3 nitrogen and oxygen atoms in total. The van der Waals surface area contributed by atoms with Crippen LogP contribution < -0.4 is 4.74 Å². The molecule has 1 atom stereocenters. The van der Waals surface area contributed by atoms with E-state index in [1.807, 2.05) is 0 Å². The molecule has 0 bridgehead atoms. The molecule has 0 saturated heterocycles. The summed E-state index contributed by atoms with van der Waals surface area (Å²) in [6, 6.07) is 5.14. The van der Waals surface area contributed by atoms with E-state index in [2.05, 4.69) is 15.9 Å². The Hall–Kier alpha value is -0.740. The van der Waals surface area contributed by atoms with Gasteiger partial charge in [0.15, 0.2) is 6.10 Å². The summed E-state index contributed by atoms with van der Waals surface area (Å²) in [5.74, 6) is -0.0240. The Bertz CT molecular complexity index is 432. The Kier molecular flexibility index (Phi) is 3.94. The first kappa shape index (κ1) is 12.7. The zero-order chi connectivity index (χ0) is 12.4. The Morgan fingerprint density at radius 1 is 1.59 bits per heavy atom. The molecule has 5 heteroatoms. The molecule has 1 aliphatic carbocycles. The Labute approximate surface area is 113 Å². The summed E-state index contributed by atoms with van der Waals surface area (Å²) < 4.78 is 6.30. The van der Waals surface area contributed by atoms with E-state index < -0.39 is 12.1 Å². The van der Waals surface area contributed by atoms with Crippen LogP contribution in [0.15, 0.2) is 22.7 Å². The first-order valence-electron chi connectivity index (χ1n) is 5.41. The fourth-order valence-corrected chi connectivity index (χ4v) is 2.30. The number of hydrogen-bond donors (Lipinski definition) is 1. The number of hydrogen-bond acceptors (Lipinski definition) is 2. The monoisotopic (exact) mass is 318 g/mol. The van der Waals surface area contributed by atoms with Gasteiger partial charge in [0, 0.05) is 4.47 Å². The number of ether oxygens (including phenoxy) is 1. The highest BCUT2D eigenvalue weighted by Gasteiger charge is 2.30. The van der Waals surface area contributed by atoms with Gasteiger partial charge in [0.25, 0.3) is 0 Å². The van der Waals surface area contributed by atoms with Crippen LogP contribution in [0.3, 0.4) is 0 Å². The predicted molar refractivity (Wildman–Crippen MR) is 68.5 cm³/mol. The summed E-state index contributed by atoms with van der Waals surface area (Å²) >= 11 is 9.27. The zero-order valence-corrected chi connectivity index (χ0v) is 11.4. The molecule has 0 aliphatic heterocycles. The van der Waals surface area contributed by atoms with E-state index in [0.29, 0.717) is 23.1 Å².